The quantitative estimate of drug-likeness (QED) is 0.676. The first-order valence-electron chi connectivity index (χ1n) is 8.41. The number of hydrogen-bond donors (Lipinski definition) is 0. The van der Waals surface area contributed by atoms with Gasteiger partial charge in [-0.3, -0.25) is 4.31 Å². The molecule has 8 nitrogen and oxygen atoms in total. The van der Waals surface area contributed by atoms with Gasteiger partial charge in [0.2, 0.25) is 0 Å². The molecule has 0 aliphatic carbocycles. The highest BCUT2D eigenvalue weighted by molar-refractivity contribution is 7.92. The van der Waals surface area contributed by atoms with Gasteiger partial charge in [-0.25, -0.2) is 18.0 Å². The number of nitrogens with zero attached hydrogens (tertiary/aromatic N) is 1. The van der Waals surface area contributed by atoms with Crippen molar-refractivity contribution in [3.8, 4) is 5.75 Å². The highest BCUT2D eigenvalue weighted by Crippen LogP contribution is 2.34. The van der Waals surface area contributed by atoms with Gasteiger partial charge >= 0.3 is 11.9 Å². The molecule has 0 N–H and O–H groups in total. The van der Waals surface area contributed by atoms with Crippen molar-refractivity contribution in [2.24, 2.45) is 0 Å². The van der Waals surface area contributed by atoms with Crippen molar-refractivity contribution in [3.63, 3.8) is 0 Å². The second kappa shape index (κ2) is 7.89. The lowest BCUT2D eigenvalue weighted by Crippen LogP contribution is -2.29. The smallest absolute Gasteiger partial charge is 0.344 e. The average molecular weight is 405 g/mol. The summed E-state index contributed by atoms with van der Waals surface area (Å²) in [5.74, 6) is -1.48. The molecule has 148 valence electrons. The predicted molar refractivity (Wildman–Crippen MR) is 100.0 cm³/mol. The maximum Gasteiger partial charge on any atom is 0.344 e. The third-order valence-electron chi connectivity index (χ3n) is 4.37. The lowest BCUT2D eigenvalue weighted by atomic mass is 10.2. The van der Waals surface area contributed by atoms with Crippen LogP contribution in [0.4, 0.5) is 5.69 Å². The van der Waals surface area contributed by atoms with Crippen molar-refractivity contribution < 1.29 is 32.2 Å². The van der Waals surface area contributed by atoms with Crippen LogP contribution in [0.5, 0.6) is 5.75 Å². The summed E-state index contributed by atoms with van der Waals surface area (Å²) < 4.78 is 42.0. The number of ether oxygens (including phenoxy) is 3. The summed E-state index contributed by atoms with van der Waals surface area (Å²) in [6.07, 6.45) is 0.611. The second-order valence-corrected chi connectivity index (χ2v) is 7.83. The SMILES string of the molecule is COC(=O)COC(=O)c1cc(S(=O)(=O)N2CCc3ccccc32)ccc1OC. The number of sulfonamides is 1. The number of carbonyl (C=O) groups excluding carboxylic acids is 2. The summed E-state index contributed by atoms with van der Waals surface area (Å²) in [5.41, 5.74) is 1.46. The monoisotopic (exact) mass is 405 g/mol. The molecule has 0 unspecified atom stereocenters. The number of anilines is 1. The Balaban J connectivity index is 1.94. The molecule has 1 heterocycles. The molecule has 28 heavy (non-hydrogen) atoms. The highest BCUT2D eigenvalue weighted by Gasteiger charge is 2.31. The van der Waals surface area contributed by atoms with E-state index in [1.54, 1.807) is 12.1 Å². The van der Waals surface area contributed by atoms with Gasteiger partial charge in [0.1, 0.15) is 11.3 Å². The number of methoxy groups -OCH3 is 2. The molecule has 0 fully saturated rings. The molecule has 0 radical (unpaired) electrons. The molecule has 0 saturated carbocycles. The van der Waals surface area contributed by atoms with Crippen molar-refractivity contribution in [2.75, 3.05) is 31.7 Å². The lowest BCUT2D eigenvalue weighted by molar-refractivity contribution is -0.144. The number of benzene rings is 2. The van der Waals surface area contributed by atoms with E-state index >= 15 is 0 Å². The average Bonchev–Trinajstić information content (AvgIpc) is 3.16. The van der Waals surface area contributed by atoms with Gasteiger partial charge in [0, 0.05) is 6.54 Å². The van der Waals surface area contributed by atoms with Gasteiger partial charge in [0.05, 0.1) is 24.8 Å². The minimum absolute atomic E-state index is 0.0741. The first-order chi connectivity index (χ1) is 13.4. The van der Waals surface area contributed by atoms with Crippen LogP contribution in [0.15, 0.2) is 47.4 Å². The van der Waals surface area contributed by atoms with Crippen LogP contribution in [0, 0.1) is 0 Å². The fourth-order valence-electron chi connectivity index (χ4n) is 2.95. The zero-order valence-electron chi connectivity index (χ0n) is 15.4. The van der Waals surface area contributed by atoms with Crippen molar-refractivity contribution in [1.82, 2.24) is 0 Å². The molecular formula is C19H19NO7S. The van der Waals surface area contributed by atoms with E-state index in [9.17, 15) is 18.0 Å². The Morgan fingerprint density at radius 3 is 2.57 bits per heavy atom. The van der Waals surface area contributed by atoms with E-state index in [1.807, 2.05) is 12.1 Å². The van der Waals surface area contributed by atoms with Crippen LogP contribution in [0.25, 0.3) is 0 Å². The van der Waals surface area contributed by atoms with Gasteiger partial charge in [0.15, 0.2) is 6.61 Å². The molecular weight excluding hydrogens is 386 g/mol. The molecule has 0 spiro atoms. The normalized spacial score (nSPS) is 13.0. The van der Waals surface area contributed by atoms with Crippen LogP contribution in [0.3, 0.4) is 0 Å². The molecule has 0 bridgehead atoms. The number of rotatable bonds is 6. The van der Waals surface area contributed by atoms with Gasteiger partial charge in [-0.1, -0.05) is 18.2 Å². The third kappa shape index (κ3) is 3.65. The van der Waals surface area contributed by atoms with Gasteiger partial charge in [-0.2, -0.15) is 0 Å². The van der Waals surface area contributed by atoms with Crippen molar-refractivity contribution in [2.45, 2.75) is 11.3 Å². The van der Waals surface area contributed by atoms with E-state index in [0.717, 1.165) is 12.7 Å². The van der Waals surface area contributed by atoms with Crippen LogP contribution in [-0.2, 0) is 30.7 Å². The van der Waals surface area contributed by atoms with Gasteiger partial charge in [0.25, 0.3) is 10.0 Å². The minimum atomic E-state index is -3.89. The van der Waals surface area contributed by atoms with Crippen LogP contribution in [0.1, 0.15) is 15.9 Å². The largest absolute Gasteiger partial charge is 0.496 e. The second-order valence-electron chi connectivity index (χ2n) is 5.97. The molecule has 2 aromatic rings. The Labute approximate surface area is 162 Å². The molecule has 9 heteroatoms. The molecule has 1 aliphatic rings. The first-order valence-corrected chi connectivity index (χ1v) is 9.85. The zero-order valence-corrected chi connectivity index (χ0v) is 16.2. The predicted octanol–water partition coefficient (Wildman–Crippen LogP) is 1.78. The maximum absolute atomic E-state index is 13.1. The summed E-state index contributed by atoms with van der Waals surface area (Å²) >= 11 is 0. The van der Waals surface area contributed by atoms with E-state index in [4.69, 9.17) is 9.47 Å². The highest BCUT2D eigenvalue weighted by atomic mass is 32.2. The first kappa shape index (κ1) is 19.7. The number of esters is 2. The molecule has 3 rings (SSSR count). The van der Waals surface area contributed by atoms with Crippen LogP contribution in [-0.4, -0.2) is 47.7 Å². The zero-order chi connectivity index (χ0) is 20.3. The van der Waals surface area contributed by atoms with Crippen LogP contribution in [0.2, 0.25) is 0 Å². The fraction of sp³-hybridized carbons (Fsp3) is 0.263. The Hall–Kier alpha value is -3.07. The third-order valence-corrected chi connectivity index (χ3v) is 6.18. The van der Waals surface area contributed by atoms with Gasteiger partial charge < -0.3 is 14.2 Å². The van der Waals surface area contributed by atoms with Gasteiger partial charge in [-0.05, 0) is 36.2 Å². The molecule has 0 saturated heterocycles. The Bertz CT molecular complexity index is 1020. The number of fused-ring (bicyclic) bond motifs is 1. The summed E-state index contributed by atoms with van der Waals surface area (Å²) in [4.78, 5) is 23.4. The molecule has 2 aromatic carbocycles. The lowest BCUT2D eigenvalue weighted by Gasteiger charge is -2.20. The van der Waals surface area contributed by atoms with E-state index in [-0.39, 0.29) is 16.2 Å². The summed E-state index contributed by atoms with van der Waals surface area (Å²) in [6.45, 7) is -0.273. The Kier molecular flexibility index (Phi) is 5.55. The standard InChI is InChI=1S/C19H19NO7S/c1-25-17-8-7-14(11-15(17)19(22)27-12-18(21)26-2)28(23,24)20-10-9-13-5-3-4-6-16(13)20/h3-8,11H,9-10,12H2,1-2H3. The van der Waals surface area contributed by atoms with E-state index in [1.165, 1.54) is 29.6 Å². The van der Waals surface area contributed by atoms with Crippen molar-refractivity contribution in [3.05, 3.63) is 53.6 Å². The number of hydrogen-bond acceptors (Lipinski definition) is 7. The molecule has 0 amide bonds. The van der Waals surface area contributed by atoms with Crippen LogP contribution < -0.4 is 9.04 Å². The summed E-state index contributed by atoms with van der Waals surface area (Å²) in [6, 6.07) is 11.2. The van der Waals surface area contributed by atoms with Crippen molar-refractivity contribution in [1.29, 1.82) is 0 Å². The maximum atomic E-state index is 13.1. The minimum Gasteiger partial charge on any atom is -0.496 e. The molecule has 0 aromatic heterocycles. The van der Waals surface area contributed by atoms with Gasteiger partial charge in [-0.15, -0.1) is 0 Å². The van der Waals surface area contributed by atoms with E-state index < -0.39 is 28.6 Å². The fourth-order valence-corrected chi connectivity index (χ4v) is 4.48. The topological polar surface area (TPSA) is 99.2 Å². The molecule has 1 aliphatic heterocycles. The van der Waals surface area contributed by atoms with Crippen molar-refractivity contribution >= 4 is 27.6 Å². The van der Waals surface area contributed by atoms with Crippen LogP contribution >= 0.6 is 0 Å². The van der Waals surface area contributed by atoms with E-state index in [2.05, 4.69) is 4.74 Å². The molecule has 0 atom stereocenters. The number of para-hydroxylation sites is 1. The Morgan fingerprint density at radius 2 is 1.86 bits per heavy atom. The number of carbonyl (C=O) groups is 2. The summed E-state index contributed by atoms with van der Waals surface area (Å²) in [5, 5.41) is 0. The Morgan fingerprint density at radius 1 is 1.11 bits per heavy atom. The summed E-state index contributed by atoms with van der Waals surface area (Å²) in [7, 11) is -1.38. The van der Waals surface area contributed by atoms with E-state index in [0.29, 0.717) is 18.7 Å².